The van der Waals surface area contributed by atoms with Gasteiger partial charge in [0.25, 0.3) is 0 Å². The highest BCUT2D eigenvalue weighted by Gasteiger charge is 2.38. The summed E-state index contributed by atoms with van der Waals surface area (Å²) in [6.07, 6.45) is 3.86. The molecule has 3 nitrogen and oxygen atoms in total. The molecule has 1 aromatic rings. The zero-order valence-electron chi connectivity index (χ0n) is 12.3. The molecule has 0 saturated carbocycles. The minimum absolute atomic E-state index is 0.172. The molecule has 4 heteroatoms. The number of rotatable bonds is 4. The maximum absolute atomic E-state index is 12.8. The second-order valence-corrected chi connectivity index (χ2v) is 6.57. The summed E-state index contributed by atoms with van der Waals surface area (Å²) in [6.45, 7) is 6.06. The third-order valence-corrected chi connectivity index (χ3v) is 4.80. The number of aryl methyl sites for hydroxylation is 1. The van der Waals surface area contributed by atoms with Gasteiger partial charge >= 0.3 is 0 Å². The first-order chi connectivity index (χ1) is 9.57. The number of anilines is 1. The van der Waals surface area contributed by atoms with Crippen LogP contribution in [0.3, 0.4) is 0 Å². The van der Waals surface area contributed by atoms with Gasteiger partial charge < -0.3 is 10.6 Å². The lowest BCUT2D eigenvalue weighted by atomic mass is 9.74. The van der Waals surface area contributed by atoms with E-state index in [0.29, 0.717) is 0 Å². The Balaban J connectivity index is 2.15. The van der Waals surface area contributed by atoms with Gasteiger partial charge in [0.2, 0.25) is 5.91 Å². The number of carbonyl (C=O) groups is 1. The van der Waals surface area contributed by atoms with Crippen LogP contribution in [-0.2, 0) is 4.79 Å². The van der Waals surface area contributed by atoms with Gasteiger partial charge in [-0.2, -0.15) is 0 Å². The van der Waals surface area contributed by atoms with Crippen molar-refractivity contribution in [3.05, 3.63) is 28.2 Å². The van der Waals surface area contributed by atoms with Gasteiger partial charge in [-0.3, -0.25) is 4.79 Å². The average Bonchev–Trinajstić information content (AvgIpc) is 2.43. The fourth-order valence-corrected chi connectivity index (χ4v) is 3.54. The number of halogens is 1. The lowest BCUT2D eigenvalue weighted by molar-refractivity contribution is -0.127. The Morgan fingerprint density at radius 3 is 2.70 bits per heavy atom. The highest BCUT2D eigenvalue weighted by atomic mass is 79.9. The van der Waals surface area contributed by atoms with Gasteiger partial charge in [-0.25, -0.2) is 0 Å². The zero-order valence-corrected chi connectivity index (χ0v) is 13.8. The molecule has 1 fully saturated rings. The fourth-order valence-electron chi connectivity index (χ4n) is 2.95. The van der Waals surface area contributed by atoms with E-state index in [1.54, 1.807) is 0 Å². The van der Waals surface area contributed by atoms with E-state index in [-0.39, 0.29) is 11.3 Å². The van der Waals surface area contributed by atoms with Gasteiger partial charge in [-0.1, -0.05) is 19.4 Å². The van der Waals surface area contributed by atoms with E-state index in [0.717, 1.165) is 48.9 Å². The lowest BCUT2D eigenvalue weighted by Crippen LogP contribution is -2.44. The maximum atomic E-state index is 12.8. The first-order valence-corrected chi connectivity index (χ1v) is 8.15. The average molecular weight is 339 g/mol. The highest BCUT2D eigenvalue weighted by Crippen LogP contribution is 2.36. The summed E-state index contributed by atoms with van der Waals surface area (Å²) in [6, 6.07) is 6.03. The van der Waals surface area contributed by atoms with Crippen molar-refractivity contribution in [3.8, 4) is 0 Å². The first kappa shape index (κ1) is 15.5. The zero-order chi connectivity index (χ0) is 14.6. The summed E-state index contributed by atoms with van der Waals surface area (Å²) in [4.78, 5) is 12.8. The molecular formula is C16H23BrN2O. The van der Waals surface area contributed by atoms with Crippen LogP contribution in [0.4, 0.5) is 5.69 Å². The Hall–Kier alpha value is -0.870. The molecule has 2 N–H and O–H groups in total. The maximum Gasteiger partial charge on any atom is 0.230 e. The Morgan fingerprint density at radius 2 is 2.10 bits per heavy atom. The van der Waals surface area contributed by atoms with E-state index in [2.05, 4.69) is 33.5 Å². The molecule has 0 unspecified atom stereocenters. The Bertz CT molecular complexity index is 476. The van der Waals surface area contributed by atoms with Crippen LogP contribution in [-0.4, -0.2) is 19.0 Å². The van der Waals surface area contributed by atoms with Gasteiger partial charge in [0.05, 0.1) is 11.1 Å². The summed E-state index contributed by atoms with van der Waals surface area (Å²) in [5, 5.41) is 6.47. The molecule has 1 aliphatic heterocycles. The second kappa shape index (κ2) is 6.72. The topological polar surface area (TPSA) is 41.1 Å². The van der Waals surface area contributed by atoms with Crippen molar-refractivity contribution >= 4 is 27.5 Å². The molecule has 0 atom stereocenters. The van der Waals surface area contributed by atoms with Crippen LogP contribution >= 0.6 is 15.9 Å². The molecule has 1 amide bonds. The number of hydrogen-bond donors (Lipinski definition) is 2. The van der Waals surface area contributed by atoms with Gasteiger partial charge in [-0.15, -0.1) is 0 Å². The normalized spacial score (nSPS) is 17.8. The van der Waals surface area contributed by atoms with Crippen molar-refractivity contribution in [2.45, 2.75) is 39.5 Å². The predicted molar refractivity (Wildman–Crippen MR) is 87.0 cm³/mol. The summed E-state index contributed by atoms with van der Waals surface area (Å²) in [7, 11) is 0. The minimum atomic E-state index is -0.204. The van der Waals surface area contributed by atoms with Gasteiger partial charge in [-0.05, 0) is 72.9 Å². The second-order valence-electron chi connectivity index (χ2n) is 5.72. The van der Waals surface area contributed by atoms with Crippen molar-refractivity contribution < 1.29 is 4.79 Å². The molecule has 1 saturated heterocycles. The van der Waals surface area contributed by atoms with Crippen LogP contribution in [0.2, 0.25) is 0 Å². The van der Waals surface area contributed by atoms with Crippen molar-refractivity contribution in [1.82, 2.24) is 5.32 Å². The fraction of sp³-hybridized carbons (Fsp3) is 0.562. The Labute approximate surface area is 129 Å². The van der Waals surface area contributed by atoms with Crippen LogP contribution in [0.1, 0.15) is 38.2 Å². The van der Waals surface area contributed by atoms with Gasteiger partial charge in [0, 0.05) is 4.47 Å². The smallest absolute Gasteiger partial charge is 0.230 e. The number of benzene rings is 1. The summed E-state index contributed by atoms with van der Waals surface area (Å²) in [5.74, 6) is 0.172. The molecule has 0 aromatic heterocycles. The predicted octanol–water partition coefficient (Wildman–Crippen LogP) is 3.87. The summed E-state index contributed by atoms with van der Waals surface area (Å²) in [5.41, 5.74) is 1.85. The third-order valence-electron chi connectivity index (χ3n) is 4.14. The van der Waals surface area contributed by atoms with Crippen LogP contribution in [0.15, 0.2) is 22.7 Å². The number of carbonyl (C=O) groups excluding carboxylic acids is 1. The van der Waals surface area contributed by atoms with E-state index in [1.807, 2.05) is 25.1 Å². The number of piperidine rings is 1. The standard InChI is InChI=1S/C16H23BrN2O/c1-3-6-16(7-9-18-10-8-16)15(20)19-14-5-4-12(2)11-13(14)17/h4-5,11,18H,3,6-10H2,1-2H3,(H,19,20). The molecule has 0 aliphatic carbocycles. The van der Waals surface area contributed by atoms with Crippen LogP contribution in [0.25, 0.3) is 0 Å². The largest absolute Gasteiger partial charge is 0.325 e. The SMILES string of the molecule is CCCC1(C(=O)Nc2ccc(C)cc2Br)CCNCC1. The number of amides is 1. The van der Waals surface area contributed by atoms with E-state index in [9.17, 15) is 4.79 Å². The monoisotopic (exact) mass is 338 g/mol. The first-order valence-electron chi connectivity index (χ1n) is 7.36. The molecule has 1 heterocycles. The molecule has 0 radical (unpaired) electrons. The molecule has 1 aliphatic rings. The van der Waals surface area contributed by atoms with Crippen molar-refractivity contribution in [2.24, 2.45) is 5.41 Å². The summed E-state index contributed by atoms with van der Waals surface area (Å²) >= 11 is 3.53. The minimum Gasteiger partial charge on any atom is -0.325 e. The Kier molecular flexibility index (Phi) is 5.22. The van der Waals surface area contributed by atoms with Crippen LogP contribution < -0.4 is 10.6 Å². The van der Waals surface area contributed by atoms with E-state index in [4.69, 9.17) is 0 Å². The van der Waals surface area contributed by atoms with Crippen molar-refractivity contribution in [1.29, 1.82) is 0 Å². The summed E-state index contributed by atoms with van der Waals surface area (Å²) < 4.78 is 0.950. The molecule has 0 bridgehead atoms. The van der Waals surface area contributed by atoms with Gasteiger partial charge in [0.1, 0.15) is 0 Å². The molecule has 2 rings (SSSR count). The molecule has 1 aromatic carbocycles. The number of nitrogens with one attached hydrogen (secondary N) is 2. The Morgan fingerprint density at radius 1 is 1.40 bits per heavy atom. The van der Waals surface area contributed by atoms with Crippen LogP contribution in [0, 0.1) is 12.3 Å². The van der Waals surface area contributed by atoms with E-state index in [1.165, 1.54) is 5.56 Å². The van der Waals surface area contributed by atoms with Crippen molar-refractivity contribution in [3.63, 3.8) is 0 Å². The quantitative estimate of drug-likeness (QED) is 0.874. The molecule has 0 spiro atoms. The van der Waals surface area contributed by atoms with Crippen molar-refractivity contribution in [2.75, 3.05) is 18.4 Å². The molecular weight excluding hydrogens is 316 g/mol. The molecule has 20 heavy (non-hydrogen) atoms. The van der Waals surface area contributed by atoms with E-state index >= 15 is 0 Å². The van der Waals surface area contributed by atoms with Crippen LogP contribution in [0.5, 0.6) is 0 Å². The van der Waals surface area contributed by atoms with Gasteiger partial charge in [0.15, 0.2) is 0 Å². The third kappa shape index (κ3) is 3.41. The molecule has 110 valence electrons. The lowest BCUT2D eigenvalue weighted by Gasteiger charge is -2.36. The van der Waals surface area contributed by atoms with E-state index < -0.39 is 0 Å². The highest BCUT2D eigenvalue weighted by molar-refractivity contribution is 9.10. The number of hydrogen-bond acceptors (Lipinski definition) is 2.